The van der Waals surface area contributed by atoms with Crippen LogP contribution in [0.4, 0.5) is 0 Å². The Hall–Kier alpha value is -1.53. The standard InChI is InChI=1S/C36H56.C6H12.CH3Cl/c1-12-24(5)16-17-27(8)28(9)36(11)32(15-4)31-19-18-29-22-26(7)20-21-35(29,10)34(31)30(14-3)33(36)23-25(6)13-2;1-4-6(3)5-2;1-2/h20-22,28,30-34H,5-8,12-19,23H2,1-4,9-11H3;3-5H2,1-2H3;1H3. The number of hydrogen-bond acceptors (Lipinski definition) is 0. The molecule has 0 bridgehead atoms. The summed E-state index contributed by atoms with van der Waals surface area (Å²) in [5.74, 6) is 3.99. The van der Waals surface area contributed by atoms with E-state index in [4.69, 9.17) is 6.58 Å². The number of halogens is 1. The molecule has 0 nitrogen and oxygen atoms in total. The lowest BCUT2D eigenvalue weighted by molar-refractivity contribution is -0.142. The van der Waals surface area contributed by atoms with E-state index in [1.165, 1.54) is 59.9 Å². The van der Waals surface area contributed by atoms with Crippen molar-refractivity contribution in [2.75, 3.05) is 6.38 Å². The third kappa shape index (κ3) is 8.84. The highest BCUT2D eigenvalue weighted by Crippen LogP contribution is 2.68. The molecule has 8 atom stereocenters. The van der Waals surface area contributed by atoms with Crippen LogP contribution in [-0.2, 0) is 0 Å². The fraction of sp³-hybridized carbons (Fsp3) is 0.674. The molecule has 0 aromatic rings. The van der Waals surface area contributed by atoms with E-state index in [1.54, 1.807) is 5.57 Å². The normalized spacial score (nSPS) is 31.1. The van der Waals surface area contributed by atoms with E-state index in [1.807, 2.05) is 0 Å². The number of fused-ring (bicyclic) bond motifs is 3. The van der Waals surface area contributed by atoms with Crippen LogP contribution in [0.2, 0.25) is 0 Å². The number of hydrogen-bond donors (Lipinski definition) is 0. The summed E-state index contributed by atoms with van der Waals surface area (Å²) in [6, 6.07) is 0. The van der Waals surface area contributed by atoms with Gasteiger partial charge in [-0.2, -0.15) is 0 Å². The van der Waals surface area contributed by atoms with Crippen molar-refractivity contribution in [3.63, 3.8) is 0 Å². The lowest BCUT2D eigenvalue weighted by Gasteiger charge is -2.66. The number of allylic oxidation sites excluding steroid dienone is 9. The highest BCUT2D eigenvalue weighted by Gasteiger charge is 2.62. The van der Waals surface area contributed by atoms with E-state index in [-0.39, 0.29) is 10.8 Å². The molecule has 0 aromatic heterocycles. The summed E-state index contributed by atoms with van der Waals surface area (Å²) in [4.78, 5) is 0. The Labute approximate surface area is 281 Å². The Morgan fingerprint density at radius 1 is 0.841 bits per heavy atom. The minimum atomic E-state index is 0.157. The van der Waals surface area contributed by atoms with E-state index in [0.29, 0.717) is 29.6 Å². The van der Waals surface area contributed by atoms with Gasteiger partial charge < -0.3 is 0 Å². The van der Waals surface area contributed by atoms with Crippen molar-refractivity contribution in [1.29, 1.82) is 0 Å². The second-order valence-corrected chi connectivity index (χ2v) is 14.4. The average Bonchev–Trinajstić information content (AvgIpc) is 3.04. The minimum absolute atomic E-state index is 0.157. The molecule has 0 aliphatic heterocycles. The summed E-state index contributed by atoms with van der Waals surface area (Å²) in [5.41, 5.74) is 8.78. The molecule has 2 saturated carbocycles. The average molecular weight is 623 g/mol. The van der Waals surface area contributed by atoms with Crippen molar-refractivity contribution in [3.05, 3.63) is 84.6 Å². The van der Waals surface area contributed by atoms with Crippen molar-refractivity contribution in [2.45, 2.75) is 133 Å². The van der Waals surface area contributed by atoms with Crippen LogP contribution in [0.3, 0.4) is 0 Å². The highest BCUT2D eigenvalue weighted by atomic mass is 35.5. The van der Waals surface area contributed by atoms with Crippen molar-refractivity contribution >= 4 is 11.6 Å². The Bertz CT molecular complexity index is 1040. The predicted octanol–water partition coefficient (Wildman–Crippen LogP) is 14.3. The first-order chi connectivity index (χ1) is 20.8. The number of rotatable bonds is 13. The van der Waals surface area contributed by atoms with Crippen LogP contribution < -0.4 is 0 Å². The topological polar surface area (TPSA) is 0 Å². The zero-order valence-electron chi connectivity index (χ0n) is 30.9. The molecular weight excluding hydrogens is 552 g/mol. The van der Waals surface area contributed by atoms with Gasteiger partial charge in [0, 0.05) is 11.8 Å². The molecule has 0 N–H and O–H groups in total. The molecule has 3 aliphatic rings. The van der Waals surface area contributed by atoms with Gasteiger partial charge in [0.1, 0.15) is 0 Å². The van der Waals surface area contributed by atoms with Crippen LogP contribution in [0, 0.1) is 46.3 Å². The molecule has 8 unspecified atom stereocenters. The fourth-order valence-corrected chi connectivity index (χ4v) is 9.26. The highest BCUT2D eigenvalue weighted by molar-refractivity contribution is 6.15. The summed E-state index contributed by atoms with van der Waals surface area (Å²) in [7, 11) is 0. The third-order valence-corrected chi connectivity index (χ3v) is 12.5. The monoisotopic (exact) mass is 623 g/mol. The lowest BCUT2D eigenvalue weighted by atomic mass is 9.38. The van der Waals surface area contributed by atoms with Gasteiger partial charge in [-0.05, 0) is 104 Å². The van der Waals surface area contributed by atoms with E-state index < -0.39 is 0 Å². The van der Waals surface area contributed by atoms with Crippen LogP contribution in [0.5, 0.6) is 0 Å². The van der Waals surface area contributed by atoms with Crippen LogP contribution in [0.1, 0.15) is 133 Å². The zero-order valence-corrected chi connectivity index (χ0v) is 31.6. The van der Waals surface area contributed by atoms with Crippen molar-refractivity contribution in [1.82, 2.24) is 0 Å². The van der Waals surface area contributed by atoms with Crippen molar-refractivity contribution in [3.8, 4) is 0 Å². The van der Waals surface area contributed by atoms with Gasteiger partial charge in [0.05, 0.1) is 0 Å². The maximum atomic E-state index is 4.73. The number of alkyl halides is 1. The largest absolute Gasteiger partial charge is 0.130 e. The first-order valence-electron chi connectivity index (χ1n) is 17.9. The summed E-state index contributed by atoms with van der Waals surface area (Å²) in [6.45, 7) is 43.1. The molecule has 0 aromatic carbocycles. The Balaban J connectivity index is 0.00000108. The smallest absolute Gasteiger partial charge is 0.0108 e. The predicted molar refractivity (Wildman–Crippen MR) is 202 cm³/mol. The molecule has 0 saturated heterocycles. The quantitative estimate of drug-likeness (QED) is 0.141. The second kappa shape index (κ2) is 18.6. The van der Waals surface area contributed by atoms with E-state index in [2.05, 4.69) is 118 Å². The van der Waals surface area contributed by atoms with Crippen molar-refractivity contribution < 1.29 is 0 Å². The summed E-state index contributed by atoms with van der Waals surface area (Å²) in [6.07, 6.45) is 21.6. The molecule has 0 amide bonds. The SMILES string of the molecule is C=C(CC)CC.C=C1C=CC2(C)C(=C1)CCC1C2C(CC)C(CC(=C)CC)C(C)(C(C)C(=C)CCC(=C)CC)C1CC.CCl. The van der Waals surface area contributed by atoms with Gasteiger partial charge in [0.25, 0.3) is 0 Å². The Morgan fingerprint density at radius 3 is 1.89 bits per heavy atom. The summed E-state index contributed by atoms with van der Waals surface area (Å²) < 4.78 is 0. The molecule has 0 radical (unpaired) electrons. The van der Waals surface area contributed by atoms with Gasteiger partial charge in [0.2, 0.25) is 0 Å². The van der Waals surface area contributed by atoms with Gasteiger partial charge in [-0.15, -0.1) is 11.6 Å². The first kappa shape index (κ1) is 40.5. The fourth-order valence-electron chi connectivity index (χ4n) is 9.26. The second-order valence-electron chi connectivity index (χ2n) is 14.4. The van der Waals surface area contributed by atoms with Crippen LogP contribution in [-0.4, -0.2) is 6.38 Å². The van der Waals surface area contributed by atoms with Gasteiger partial charge in [-0.1, -0.05) is 154 Å². The van der Waals surface area contributed by atoms with Crippen molar-refractivity contribution in [2.24, 2.45) is 46.3 Å². The molecule has 0 spiro atoms. The third-order valence-electron chi connectivity index (χ3n) is 12.5. The molecule has 44 heavy (non-hydrogen) atoms. The van der Waals surface area contributed by atoms with Crippen LogP contribution >= 0.6 is 11.6 Å². The Morgan fingerprint density at radius 2 is 1.41 bits per heavy atom. The van der Waals surface area contributed by atoms with Gasteiger partial charge in [-0.25, -0.2) is 0 Å². The van der Waals surface area contributed by atoms with Gasteiger partial charge in [0.15, 0.2) is 0 Å². The summed E-state index contributed by atoms with van der Waals surface area (Å²) >= 11 is 4.64. The van der Waals surface area contributed by atoms with Gasteiger partial charge >= 0.3 is 0 Å². The maximum Gasteiger partial charge on any atom is 0.0108 e. The van der Waals surface area contributed by atoms with Gasteiger partial charge in [-0.3, -0.25) is 0 Å². The summed E-state index contributed by atoms with van der Waals surface area (Å²) in [5, 5.41) is 0. The molecule has 2 fully saturated rings. The molecule has 250 valence electrons. The van der Waals surface area contributed by atoms with Crippen LogP contribution in [0.25, 0.3) is 0 Å². The first-order valence-corrected chi connectivity index (χ1v) is 18.7. The minimum Gasteiger partial charge on any atom is -0.130 e. The lowest BCUT2D eigenvalue weighted by Crippen LogP contribution is -2.60. The maximum absolute atomic E-state index is 4.73. The Kier molecular flexibility index (Phi) is 17.1. The molecule has 1 heteroatoms. The van der Waals surface area contributed by atoms with E-state index in [0.717, 1.165) is 50.9 Å². The van der Waals surface area contributed by atoms with Crippen LogP contribution in [0.15, 0.2) is 84.6 Å². The molecular formula is C43H71Cl. The molecule has 3 rings (SSSR count). The zero-order chi connectivity index (χ0) is 33.8. The molecule has 0 heterocycles. The van der Waals surface area contributed by atoms with E-state index >= 15 is 0 Å². The molecule has 3 aliphatic carbocycles. The van der Waals surface area contributed by atoms with E-state index in [9.17, 15) is 0 Å².